The third-order valence-electron chi connectivity index (χ3n) is 5.62. The molecule has 0 atom stereocenters. The molecule has 3 aromatic carbocycles. The largest absolute Gasteiger partial charge is 0.490 e. The Bertz CT molecular complexity index is 1270. The lowest BCUT2D eigenvalue weighted by atomic mass is 10.00. The molecule has 1 heterocycles. The van der Waals surface area contributed by atoms with Crippen LogP contribution in [-0.4, -0.2) is 30.0 Å². The van der Waals surface area contributed by atoms with Gasteiger partial charge in [0, 0.05) is 6.42 Å². The summed E-state index contributed by atoms with van der Waals surface area (Å²) in [5, 5.41) is 17.7. The highest BCUT2D eigenvalue weighted by atomic mass is 32.1. The van der Waals surface area contributed by atoms with Crippen molar-refractivity contribution in [3.63, 3.8) is 0 Å². The molecule has 0 radical (unpaired) electrons. The number of hydrogen-bond donors (Lipinski definition) is 1. The number of rotatable bonds is 11. The van der Waals surface area contributed by atoms with Crippen molar-refractivity contribution < 1.29 is 19.5 Å². The quantitative estimate of drug-likeness (QED) is 0.152. The zero-order valence-electron chi connectivity index (χ0n) is 19.5. The van der Waals surface area contributed by atoms with Crippen LogP contribution in [0.4, 0.5) is 0 Å². The van der Waals surface area contributed by atoms with E-state index in [9.17, 15) is 4.79 Å². The molecule has 1 N–H and O–H groups in total. The molecule has 0 saturated carbocycles. The predicted octanol–water partition coefficient (Wildman–Crippen LogP) is 6.39. The summed E-state index contributed by atoms with van der Waals surface area (Å²) in [6, 6.07) is 26.2. The normalized spacial score (nSPS) is 11.3. The van der Waals surface area contributed by atoms with Gasteiger partial charge < -0.3 is 14.7 Å². The summed E-state index contributed by atoms with van der Waals surface area (Å²) in [5.41, 5.74) is 6.94. The third kappa shape index (κ3) is 6.80. The van der Waals surface area contributed by atoms with Gasteiger partial charge in [0.25, 0.3) is 0 Å². The molecule has 4 aromatic rings. The minimum Gasteiger partial charge on any atom is -0.490 e. The van der Waals surface area contributed by atoms with Crippen molar-refractivity contribution in [1.29, 1.82) is 0 Å². The van der Waals surface area contributed by atoms with Crippen molar-refractivity contribution in [3.05, 3.63) is 112 Å². The molecule has 35 heavy (non-hydrogen) atoms. The van der Waals surface area contributed by atoms with Crippen molar-refractivity contribution in [2.45, 2.75) is 19.8 Å². The molecule has 0 spiro atoms. The van der Waals surface area contributed by atoms with E-state index in [1.54, 1.807) is 23.5 Å². The maximum atomic E-state index is 11.0. The van der Waals surface area contributed by atoms with E-state index in [1.807, 2.05) is 31.2 Å². The van der Waals surface area contributed by atoms with Crippen LogP contribution in [0.1, 0.15) is 22.3 Å². The number of aliphatic carboxylic acids is 1. The average Bonchev–Trinajstić information content (AvgIpc) is 3.39. The predicted molar refractivity (Wildman–Crippen MR) is 140 cm³/mol. The molecule has 0 aliphatic carbocycles. The van der Waals surface area contributed by atoms with Gasteiger partial charge in [-0.25, -0.2) is 0 Å². The van der Waals surface area contributed by atoms with Gasteiger partial charge in [0.15, 0.2) is 6.61 Å². The molecule has 178 valence electrons. The molecule has 5 nitrogen and oxygen atoms in total. The Balaban J connectivity index is 1.41. The summed E-state index contributed by atoms with van der Waals surface area (Å²) in [4.78, 5) is 16.7. The van der Waals surface area contributed by atoms with Crippen molar-refractivity contribution in [1.82, 2.24) is 0 Å². The molecule has 1 aromatic heterocycles. The monoisotopic (exact) mass is 485 g/mol. The van der Waals surface area contributed by atoms with Crippen LogP contribution in [-0.2, 0) is 22.5 Å². The van der Waals surface area contributed by atoms with Crippen LogP contribution in [0.5, 0.6) is 5.75 Å². The molecule has 0 aliphatic heterocycles. The van der Waals surface area contributed by atoms with E-state index in [-0.39, 0.29) is 13.0 Å². The van der Waals surface area contributed by atoms with Gasteiger partial charge in [0.05, 0.1) is 12.1 Å². The number of ether oxygens (including phenoxy) is 1. The number of thiophene rings is 1. The summed E-state index contributed by atoms with van der Waals surface area (Å²) in [5.74, 6) is -0.204. The maximum Gasteiger partial charge on any atom is 0.307 e. The van der Waals surface area contributed by atoms with Crippen LogP contribution in [0, 0.1) is 6.92 Å². The van der Waals surface area contributed by atoms with E-state index >= 15 is 0 Å². The van der Waals surface area contributed by atoms with Crippen LogP contribution in [0.3, 0.4) is 0 Å². The molecule has 6 heteroatoms. The Morgan fingerprint density at radius 2 is 1.66 bits per heavy atom. The summed E-state index contributed by atoms with van der Waals surface area (Å²) in [6.45, 7) is 2.45. The van der Waals surface area contributed by atoms with Crippen LogP contribution in [0.25, 0.3) is 11.1 Å². The van der Waals surface area contributed by atoms with Crippen molar-refractivity contribution in [3.8, 4) is 16.9 Å². The minimum absolute atomic E-state index is 0.0289. The average molecular weight is 486 g/mol. The van der Waals surface area contributed by atoms with E-state index in [1.165, 1.54) is 11.1 Å². The third-order valence-corrected chi connectivity index (χ3v) is 6.35. The molecule has 0 unspecified atom stereocenters. The summed E-state index contributed by atoms with van der Waals surface area (Å²) in [7, 11) is 0. The first-order valence-corrected chi connectivity index (χ1v) is 12.3. The van der Waals surface area contributed by atoms with Crippen molar-refractivity contribution in [2.75, 3.05) is 13.2 Å². The van der Waals surface area contributed by atoms with Gasteiger partial charge in [-0.3, -0.25) is 4.79 Å². The number of carboxylic acids is 1. The van der Waals surface area contributed by atoms with Gasteiger partial charge in [0.1, 0.15) is 12.4 Å². The van der Waals surface area contributed by atoms with Gasteiger partial charge in [-0.15, -0.1) is 0 Å². The molecule has 0 bridgehead atoms. The summed E-state index contributed by atoms with van der Waals surface area (Å²) >= 11 is 1.66. The second kappa shape index (κ2) is 12.0. The highest BCUT2D eigenvalue weighted by Crippen LogP contribution is 2.22. The fraction of sp³-hybridized carbons (Fsp3) is 0.172. The lowest BCUT2D eigenvalue weighted by Crippen LogP contribution is -2.10. The van der Waals surface area contributed by atoms with E-state index < -0.39 is 5.97 Å². The first-order valence-electron chi connectivity index (χ1n) is 11.4. The lowest BCUT2D eigenvalue weighted by Gasteiger charge is -2.12. The van der Waals surface area contributed by atoms with E-state index in [0.29, 0.717) is 18.8 Å². The molecule has 0 amide bonds. The van der Waals surface area contributed by atoms with Gasteiger partial charge in [-0.05, 0) is 63.2 Å². The fourth-order valence-corrected chi connectivity index (χ4v) is 4.41. The Hall–Kier alpha value is -3.90. The number of carbonyl (C=O) groups is 1. The van der Waals surface area contributed by atoms with Crippen LogP contribution in [0.15, 0.2) is 94.8 Å². The van der Waals surface area contributed by atoms with Crippen molar-refractivity contribution in [2.24, 2.45) is 5.16 Å². The van der Waals surface area contributed by atoms with Crippen LogP contribution >= 0.6 is 11.3 Å². The number of oxime groups is 1. The second-order valence-corrected chi connectivity index (χ2v) is 8.86. The van der Waals surface area contributed by atoms with Crippen molar-refractivity contribution >= 4 is 23.0 Å². The van der Waals surface area contributed by atoms with Crippen LogP contribution < -0.4 is 4.74 Å². The molecular weight excluding hydrogens is 458 g/mol. The van der Waals surface area contributed by atoms with Crippen LogP contribution in [0.2, 0.25) is 0 Å². The second-order valence-electron chi connectivity index (χ2n) is 8.08. The van der Waals surface area contributed by atoms with E-state index in [4.69, 9.17) is 14.7 Å². The Kier molecular flexibility index (Phi) is 8.30. The molecule has 0 aliphatic rings. The zero-order chi connectivity index (χ0) is 24.5. The zero-order valence-corrected chi connectivity index (χ0v) is 20.3. The van der Waals surface area contributed by atoms with E-state index in [0.717, 1.165) is 28.0 Å². The smallest absolute Gasteiger partial charge is 0.307 e. The van der Waals surface area contributed by atoms with Gasteiger partial charge in [-0.1, -0.05) is 71.9 Å². The SMILES string of the molecule is Cc1c(CC(=O)O)cccc1OCCO/N=C(\Cc1ccsc1)c1ccc(-c2ccccc2)cc1. The first-order chi connectivity index (χ1) is 17.1. The number of benzene rings is 3. The Morgan fingerprint density at radius 3 is 2.37 bits per heavy atom. The summed E-state index contributed by atoms with van der Waals surface area (Å²) in [6.07, 6.45) is 0.643. The highest BCUT2D eigenvalue weighted by molar-refractivity contribution is 7.08. The van der Waals surface area contributed by atoms with Gasteiger partial charge in [0.2, 0.25) is 0 Å². The standard InChI is InChI=1S/C29H27NO4S/c1-21-26(19-29(31)32)8-5-9-28(21)33-15-16-34-30-27(18-22-14-17-35-20-22)25-12-10-24(11-13-25)23-6-3-2-4-7-23/h2-14,17,20H,15-16,18-19H2,1H3,(H,31,32)/b30-27+. The molecule has 4 rings (SSSR count). The summed E-state index contributed by atoms with van der Waals surface area (Å²) < 4.78 is 5.83. The number of carboxylic acid groups (broad SMARTS) is 1. The molecular formula is C29H27NO4S. The minimum atomic E-state index is -0.863. The highest BCUT2D eigenvalue weighted by Gasteiger charge is 2.10. The topological polar surface area (TPSA) is 68.1 Å². The molecule has 0 fully saturated rings. The molecule has 0 saturated heterocycles. The lowest BCUT2D eigenvalue weighted by molar-refractivity contribution is -0.136. The number of hydrogen-bond acceptors (Lipinski definition) is 5. The van der Waals surface area contributed by atoms with Gasteiger partial charge >= 0.3 is 5.97 Å². The fourth-order valence-electron chi connectivity index (χ4n) is 3.74. The van der Waals surface area contributed by atoms with E-state index in [2.05, 4.69) is 58.4 Å². The first kappa shape index (κ1) is 24.2. The Labute approximate surface area is 209 Å². The number of nitrogens with zero attached hydrogens (tertiary/aromatic N) is 1. The van der Waals surface area contributed by atoms with Gasteiger partial charge in [-0.2, -0.15) is 11.3 Å². The maximum absolute atomic E-state index is 11.0. The Morgan fingerprint density at radius 1 is 0.886 bits per heavy atom.